The van der Waals surface area contributed by atoms with Crippen LogP contribution in [0.5, 0.6) is 0 Å². The molecule has 24 heavy (non-hydrogen) atoms. The summed E-state index contributed by atoms with van der Waals surface area (Å²) in [5, 5.41) is 11.3. The summed E-state index contributed by atoms with van der Waals surface area (Å²) >= 11 is 5.57. The molecular formula is C17H20ClF2NO3. The summed E-state index contributed by atoms with van der Waals surface area (Å²) < 4.78 is 27.8. The number of nitrogens with one attached hydrogen (secondary N) is 1. The molecule has 0 bridgehead atoms. The van der Waals surface area contributed by atoms with Crippen molar-refractivity contribution in [3.63, 3.8) is 0 Å². The molecular weight excluding hydrogens is 340 g/mol. The van der Waals surface area contributed by atoms with E-state index in [1.54, 1.807) is 6.92 Å². The van der Waals surface area contributed by atoms with E-state index in [4.69, 9.17) is 11.6 Å². The van der Waals surface area contributed by atoms with Gasteiger partial charge in [0, 0.05) is 5.02 Å². The molecule has 1 atom stereocenters. The fraction of sp³-hybridized carbons (Fsp3) is 0.529. The number of aliphatic carboxylic acids is 1. The van der Waals surface area contributed by atoms with Gasteiger partial charge in [0.1, 0.15) is 5.69 Å². The van der Waals surface area contributed by atoms with Crippen LogP contribution in [0.25, 0.3) is 0 Å². The molecule has 0 aliphatic heterocycles. The van der Waals surface area contributed by atoms with E-state index in [-0.39, 0.29) is 17.4 Å². The first-order valence-electron chi connectivity index (χ1n) is 7.92. The Balaban J connectivity index is 2.29. The van der Waals surface area contributed by atoms with Crippen LogP contribution in [-0.4, -0.2) is 17.0 Å². The Bertz CT molecular complexity index is 624. The summed E-state index contributed by atoms with van der Waals surface area (Å²) in [6.07, 6.45) is 3.93. The van der Waals surface area contributed by atoms with E-state index in [0.717, 1.165) is 44.2 Å². The van der Waals surface area contributed by atoms with Gasteiger partial charge >= 0.3 is 5.97 Å². The van der Waals surface area contributed by atoms with Crippen molar-refractivity contribution in [3.05, 3.63) is 28.8 Å². The third-order valence-electron chi connectivity index (χ3n) is 4.79. The molecule has 1 aliphatic rings. The molecule has 2 rings (SSSR count). The standard InChI is InChI=1S/C17H20ClF2NO3/c1-17(9-14(22)23,10-5-3-2-4-6-10)16(24)21-15-12(19)7-11(18)8-13(15)20/h7-8,10H,2-6,9H2,1H3,(H,21,24)(H,22,23). The van der Waals surface area contributed by atoms with Crippen LogP contribution in [0.3, 0.4) is 0 Å². The van der Waals surface area contributed by atoms with Crippen LogP contribution >= 0.6 is 11.6 Å². The van der Waals surface area contributed by atoms with Crippen molar-refractivity contribution in [1.82, 2.24) is 0 Å². The van der Waals surface area contributed by atoms with E-state index in [1.165, 1.54) is 0 Å². The van der Waals surface area contributed by atoms with Crippen molar-refractivity contribution >= 4 is 29.2 Å². The number of halogens is 3. The number of carbonyl (C=O) groups excluding carboxylic acids is 1. The van der Waals surface area contributed by atoms with Crippen molar-refractivity contribution in [2.24, 2.45) is 11.3 Å². The van der Waals surface area contributed by atoms with Crippen LogP contribution in [0.4, 0.5) is 14.5 Å². The molecule has 132 valence electrons. The number of rotatable bonds is 5. The predicted molar refractivity (Wildman–Crippen MR) is 86.9 cm³/mol. The lowest BCUT2D eigenvalue weighted by Gasteiger charge is -2.37. The molecule has 1 aromatic rings. The largest absolute Gasteiger partial charge is 0.481 e. The van der Waals surface area contributed by atoms with Crippen molar-refractivity contribution in [3.8, 4) is 0 Å². The van der Waals surface area contributed by atoms with E-state index in [0.29, 0.717) is 0 Å². The maximum absolute atomic E-state index is 13.9. The minimum atomic E-state index is -1.23. The molecule has 0 heterocycles. The zero-order chi connectivity index (χ0) is 17.9. The molecule has 4 nitrogen and oxygen atoms in total. The lowest BCUT2D eigenvalue weighted by atomic mass is 9.67. The van der Waals surface area contributed by atoms with Gasteiger partial charge in [0.15, 0.2) is 11.6 Å². The maximum atomic E-state index is 13.9. The SMILES string of the molecule is CC(CC(=O)O)(C(=O)Nc1c(F)cc(Cl)cc1F)C1CCCCC1. The van der Waals surface area contributed by atoms with Crippen molar-refractivity contribution in [1.29, 1.82) is 0 Å². The van der Waals surface area contributed by atoms with Gasteiger partial charge in [-0.2, -0.15) is 0 Å². The van der Waals surface area contributed by atoms with Crippen molar-refractivity contribution < 1.29 is 23.5 Å². The monoisotopic (exact) mass is 359 g/mol. The van der Waals surface area contributed by atoms with E-state index < -0.39 is 34.6 Å². The summed E-state index contributed by atoms with van der Waals surface area (Å²) in [6.45, 7) is 1.55. The highest BCUT2D eigenvalue weighted by atomic mass is 35.5. The van der Waals surface area contributed by atoms with Crippen molar-refractivity contribution in [2.45, 2.75) is 45.4 Å². The lowest BCUT2D eigenvalue weighted by Crippen LogP contribution is -2.43. The Kier molecular flexibility index (Phi) is 5.80. The highest BCUT2D eigenvalue weighted by molar-refractivity contribution is 6.30. The topological polar surface area (TPSA) is 66.4 Å². The van der Waals surface area contributed by atoms with Crippen LogP contribution in [0.1, 0.15) is 45.4 Å². The van der Waals surface area contributed by atoms with E-state index >= 15 is 0 Å². The second-order valence-electron chi connectivity index (χ2n) is 6.52. The molecule has 1 saturated carbocycles. The molecule has 7 heteroatoms. The van der Waals surface area contributed by atoms with Crippen LogP contribution in [-0.2, 0) is 9.59 Å². The molecule has 1 fully saturated rings. The minimum Gasteiger partial charge on any atom is -0.481 e. The summed E-state index contributed by atoms with van der Waals surface area (Å²) in [4.78, 5) is 24.0. The van der Waals surface area contributed by atoms with E-state index in [1.807, 2.05) is 0 Å². The van der Waals surface area contributed by atoms with Gasteiger partial charge in [-0.3, -0.25) is 9.59 Å². The lowest BCUT2D eigenvalue weighted by molar-refractivity contribution is -0.145. The first kappa shape index (κ1) is 18.6. The Hall–Kier alpha value is -1.69. The van der Waals surface area contributed by atoms with E-state index in [9.17, 15) is 23.5 Å². The molecule has 2 N–H and O–H groups in total. The molecule has 1 aromatic carbocycles. The third kappa shape index (κ3) is 4.04. The molecule has 0 aromatic heterocycles. The Morgan fingerprint density at radius 1 is 1.25 bits per heavy atom. The molecule has 0 saturated heterocycles. The second-order valence-corrected chi connectivity index (χ2v) is 6.96. The van der Waals surface area contributed by atoms with Crippen LogP contribution in [0.2, 0.25) is 5.02 Å². The van der Waals surface area contributed by atoms with Crippen LogP contribution in [0.15, 0.2) is 12.1 Å². The third-order valence-corrected chi connectivity index (χ3v) is 5.01. The van der Waals surface area contributed by atoms with Gasteiger partial charge in [0.2, 0.25) is 5.91 Å². The van der Waals surface area contributed by atoms with E-state index in [2.05, 4.69) is 5.32 Å². The molecule has 1 unspecified atom stereocenters. The smallest absolute Gasteiger partial charge is 0.304 e. The number of carboxylic acids is 1. The number of carboxylic acid groups (broad SMARTS) is 1. The summed E-state index contributed by atoms with van der Waals surface area (Å²) in [5.74, 6) is -3.92. The number of hydrogen-bond donors (Lipinski definition) is 2. The number of carbonyl (C=O) groups is 2. The molecule has 1 amide bonds. The molecule has 0 radical (unpaired) electrons. The fourth-order valence-corrected chi connectivity index (χ4v) is 3.57. The number of anilines is 1. The number of benzene rings is 1. The highest BCUT2D eigenvalue weighted by Crippen LogP contribution is 2.42. The predicted octanol–water partition coefficient (Wildman–Crippen LogP) is 4.62. The number of hydrogen-bond acceptors (Lipinski definition) is 2. The van der Waals surface area contributed by atoms with Gasteiger partial charge in [-0.1, -0.05) is 30.9 Å². The van der Waals surface area contributed by atoms with Crippen LogP contribution < -0.4 is 5.32 Å². The summed E-state index contributed by atoms with van der Waals surface area (Å²) in [6, 6.07) is 1.80. The number of amides is 1. The second kappa shape index (κ2) is 7.47. The zero-order valence-electron chi connectivity index (χ0n) is 13.4. The fourth-order valence-electron chi connectivity index (χ4n) is 3.38. The zero-order valence-corrected chi connectivity index (χ0v) is 14.1. The average molecular weight is 360 g/mol. The summed E-state index contributed by atoms with van der Waals surface area (Å²) in [7, 11) is 0. The highest BCUT2D eigenvalue weighted by Gasteiger charge is 2.43. The Morgan fingerprint density at radius 2 is 1.79 bits per heavy atom. The van der Waals surface area contributed by atoms with Crippen LogP contribution in [0, 0.1) is 23.0 Å². The van der Waals surface area contributed by atoms with Gasteiger partial charge in [-0.25, -0.2) is 8.78 Å². The average Bonchev–Trinajstić information content (AvgIpc) is 2.50. The van der Waals surface area contributed by atoms with Gasteiger partial charge in [-0.05, 0) is 37.8 Å². The van der Waals surface area contributed by atoms with Crippen molar-refractivity contribution in [2.75, 3.05) is 5.32 Å². The van der Waals surface area contributed by atoms with Gasteiger partial charge < -0.3 is 10.4 Å². The minimum absolute atomic E-state index is 0.122. The van der Waals surface area contributed by atoms with Gasteiger partial charge in [0.05, 0.1) is 11.8 Å². The first-order chi connectivity index (χ1) is 11.2. The quantitative estimate of drug-likeness (QED) is 0.806. The summed E-state index contributed by atoms with van der Waals surface area (Å²) in [5.41, 5.74) is -1.83. The first-order valence-corrected chi connectivity index (χ1v) is 8.29. The van der Waals surface area contributed by atoms with Gasteiger partial charge in [0.25, 0.3) is 0 Å². The molecule has 1 aliphatic carbocycles. The Labute approximate surface area is 144 Å². The normalized spacial score (nSPS) is 18.0. The maximum Gasteiger partial charge on any atom is 0.304 e. The van der Waals surface area contributed by atoms with Gasteiger partial charge in [-0.15, -0.1) is 0 Å². The molecule has 0 spiro atoms. The Morgan fingerprint density at radius 3 is 2.29 bits per heavy atom.